The van der Waals surface area contributed by atoms with Gasteiger partial charge in [0.15, 0.2) is 0 Å². The van der Waals surface area contributed by atoms with E-state index in [9.17, 15) is 0 Å². The van der Waals surface area contributed by atoms with Gasteiger partial charge in [-0.05, 0) is 38.7 Å². The highest BCUT2D eigenvalue weighted by Crippen LogP contribution is 2.23. The van der Waals surface area contributed by atoms with Gasteiger partial charge in [-0.1, -0.05) is 15.9 Å². The Morgan fingerprint density at radius 3 is 2.69 bits per heavy atom. The molecule has 1 aliphatic heterocycles. The molecule has 1 aromatic rings. The normalized spacial score (nSPS) is 20.4. The number of halogens is 1. The number of aromatic nitrogens is 2. The van der Waals surface area contributed by atoms with Crippen LogP contribution in [0, 0.1) is 19.8 Å². The van der Waals surface area contributed by atoms with E-state index in [2.05, 4.69) is 30.8 Å². The Bertz CT molecular complexity index is 347. The monoisotopic (exact) mass is 283 g/mol. The summed E-state index contributed by atoms with van der Waals surface area (Å²) in [5, 5.41) is 1.10. The quantitative estimate of drug-likeness (QED) is 0.799. The molecule has 1 saturated heterocycles. The maximum atomic E-state index is 4.51. The molecule has 2 heterocycles. The van der Waals surface area contributed by atoms with Crippen molar-refractivity contribution >= 4 is 21.9 Å². The lowest BCUT2D eigenvalue weighted by molar-refractivity contribution is 0.575. The molecule has 1 fully saturated rings. The van der Waals surface area contributed by atoms with Gasteiger partial charge in [0, 0.05) is 29.8 Å². The van der Waals surface area contributed by atoms with Crippen molar-refractivity contribution in [3.63, 3.8) is 0 Å². The third-order valence-corrected chi connectivity index (χ3v) is 3.51. The van der Waals surface area contributed by atoms with Crippen LogP contribution < -0.4 is 4.90 Å². The minimum atomic E-state index is 0.795. The third kappa shape index (κ3) is 2.73. The van der Waals surface area contributed by atoms with Gasteiger partial charge in [-0.25, -0.2) is 9.97 Å². The second kappa shape index (κ2) is 5.13. The molecule has 2 rings (SSSR count). The molecule has 1 atom stereocenters. The van der Waals surface area contributed by atoms with Crippen LogP contribution in [0.15, 0.2) is 6.07 Å². The summed E-state index contributed by atoms with van der Waals surface area (Å²) >= 11 is 3.51. The van der Waals surface area contributed by atoms with E-state index in [4.69, 9.17) is 0 Å². The summed E-state index contributed by atoms with van der Waals surface area (Å²) in [6, 6.07) is 2.02. The van der Waals surface area contributed by atoms with Crippen molar-refractivity contribution in [2.45, 2.75) is 26.7 Å². The number of nitrogens with zero attached hydrogens (tertiary/aromatic N) is 3. The van der Waals surface area contributed by atoms with Crippen LogP contribution in [0.5, 0.6) is 0 Å². The van der Waals surface area contributed by atoms with Crippen molar-refractivity contribution in [1.82, 2.24) is 9.97 Å². The molecule has 4 heteroatoms. The van der Waals surface area contributed by atoms with Gasteiger partial charge in [-0.2, -0.15) is 0 Å². The van der Waals surface area contributed by atoms with Crippen LogP contribution in [0.25, 0.3) is 0 Å². The average Bonchev–Trinajstić information content (AvgIpc) is 2.65. The van der Waals surface area contributed by atoms with Crippen LogP contribution in [0.4, 0.5) is 5.95 Å². The van der Waals surface area contributed by atoms with Crippen molar-refractivity contribution in [3.05, 3.63) is 17.5 Å². The topological polar surface area (TPSA) is 29.0 Å². The van der Waals surface area contributed by atoms with Crippen LogP contribution in [0.2, 0.25) is 0 Å². The molecular weight excluding hydrogens is 266 g/mol. The fourth-order valence-electron chi connectivity index (χ4n) is 2.25. The summed E-state index contributed by atoms with van der Waals surface area (Å²) in [4.78, 5) is 11.3. The minimum Gasteiger partial charge on any atom is -0.341 e. The summed E-state index contributed by atoms with van der Waals surface area (Å²) in [7, 11) is 0. The summed E-state index contributed by atoms with van der Waals surface area (Å²) in [5.41, 5.74) is 2.12. The lowest BCUT2D eigenvalue weighted by Crippen LogP contribution is -2.22. The Hall–Kier alpha value is -0.640. The maximum absolute atomic E-state index is 4.51. The van der Waals surface area contributed by atoms with Crippen LogP contribution in [0.3, 0.4) is 0 Å². The predicted octanol–water partition coefficient (Wildman–Crippen LogP) is 2.70. The highest BCUT2D eigenvalue weighted by atomic mass is 79.9. The molecule has 0 amide bonds. The van der Waals surface area contributed by atoms with E-state index in [-0.39, 0.29) is 0 Å². The van der Waals surface area contributed by atoms with Gasteiger partial charge in [0.05, 0.1) is 0 Å². The van der Waals surface area contributed by atoms with Crippen molar-refractivity contribution < 1.29 is 0 Å². The van der Waals surface area contributed by atoms with E-state index in [1.807, 2.05) is 19.9 Å². The van der Waals surface area contributed by atoms with Crippen molar-refractivity contribution in [1.29, 1.82) is 0 Å². The fraction of sp³-hybridized carbons (Fsp3) is 0.667. The van der Waals surface area contributed by atoms with Gasteiger partial charge < -0.3 is 4.90 Å². The van der Waals surface area contributed by atoms with E-state index in [1.54, 1.807) is 0 Å². The SMILES string of the molecule is Cc1cc(C)nc(N2CCC(CCBr)C2)n1. The molecule has 0 saturated carbocycles. The highest BCUT2D eigenvalue weighted by molar-refractivity contribution is 9.09. The number of rotatable bonds is 3. The molecule has 3 nitrogen and oxygen atoms in total. The molecule has 0 spiro atoms. The van der Waals surface area contributed by atoms with Crippen LogP contribution in [-0.2, 0) is 0 Å². The Kier molecular flexibility index (Phi) is 3.79. The first-order valence-electron chi connectivity index (χ1n) is 5.82. The zero-order valence-corrected chi connectivity index (χ0v) is 11.5. The molecule has 0 aliphatic carbocycles. The first-order chi connectivity index (χ1) is 7.69. The first kappa shape index (κ1) is 11.8. The molecule has 0 bridgehead atoms. The maximum Gasteiger partial charge on any atom is 0.225 e. The Labute approximate surface area is 105 Å². The van der Waals surface area contributed by atoms with Crippen LogP contribution in [-0.4, -0.2) is 28.4 Å². The molecule has 88 valence electrons. The number of anilines is 1. The van der Waals surface area contributed by atoms with E-state index in [0.717, 1.165) is 41.7 Å². The number of hydrogen-bond donors (Lipinski definition) is 0. The van der Waals surface area contributed by atoms with E-state index in [0.29, 0.717) is 0 Å². The molecule has 16 heavy (non-hydrogen) atoms. The van der Waals surface area contributed by atoms with Gasteiger partial charge >= 0.3 is 0 Å². The number of alkyl halides is 1. The van der Waals surface area contributed by atoms with E-state index < -0.39 is 0 Å². The zero-order valence-electron chi connectivity index (χ0n) is 9.91. The lowest BCUT2D eigenvalue weighted by atomic mass is 10.1. The molecule has 1 aliphatic rings. The number of hydrogen-bond acceptors (Lipinski definition) is 3. The van der Waals surface area contributed by atoms with Gasteiger partial charge in [-0.3, -0.25) is 0 Å². The molecule has 0 radical (unpaired) electrons. The van der Waals surface area contributed by atoms with Crippen molar-refractivity contribution in [2.75, 3.05) is 23.3 Å². The zero-order chi connectivity index (χ0) is 11.5. The van der Waals surface area contributed by atoms with Gasteiger partial charge in [0.25, 0.3) is 0 Å². The van der Waals surface area contributed by atoms with Gasteiger partial charge in [-0.15, -0.1) is 0 Å². The third-order valence-electron chi connectivity index (χ3n) is 3.06. The summed E-state index contributed by atoms with van der Waals surface area (Å²) < 4.78 is 0. The summed E-state index contributed by atoms with van der Waals surface area (Å²) in [6.45, 7) is 6.27. The number of aryl methyl sites for hydroxylation is 2. The summed E-state index contributed by atoms with van der Waals surface area (Å²) in [5.74, 6) is 1.71. The van der Waals surface area contributed by atoms with Gasteiger partial charge in [0.2, 0.25) is 5.95 Å². The Balaban J connectivity index is 2.08. The molecule has 1 unspecified atom stereocenters. The Morgan fingerprint density at radius 2 is 2.06 bits per heavy atom. The van der Waals surface area contributed by atoms with Crippen LogP contribution in [0.1, 0.15) is 24.2 Å². The molecular formula is C12H18BrN3. The standard InChI is InChI=1S/C12H18BrN3/c1-9-7-10(2)15-12(14-9)16-6-4-11(8-16)3-5-13/h7,11H,3-6,8H2,1-2H3. The fourth-order valence-corrected chi connectivity index (χ4v) is 2.90. The average molecular weight is 284 g/mol. The van der Waals surface area contributed by atoms with Crippen molar-refractivity contribution in [2.24, 2.45) is 5.92 Å². The second-order valence-electron chi connectivity index (χ2n) is 4.53. The van der Waals surface area contributed by atoms with Crippen LogP contribution >= 0.6 is 15.9 Å². The van der Waals surface area contributed by atoms with Crippen molar-refractivity contribution in [3.8, 4) is 0 Å². The lowest BCUT2D eigenvalue weighted by Gasteiger charge is -2.17. The Morgan fingerprint density at radius 1 is 1.38 bits per heavy atom. The smallest absolute Gasteiger partial charge is 0.225 e. The molecule has 0 aromatic carbocycles. The van der Waals surface area contributed by atoms with E-state index in [1.165, 1.54) is 12.8 Å². The highest BCUT2D eigenvalue weighted by Gasteiger charge is 2.23. The predicted molar refractivity (Wildman–Crippen MR) is 70.2 cm³/mol. The summed E-state index contributed by atoms with van der Waals surface area (Å²) in [6.07, 6.45) is 2.52. The molecule has 1 aromatic heterocycles. The molecule has 0 N–H and O–H groups in total. The van der Waals surface area contributed by atoms with E-state index >= 15 is 0 Å². The minimum absolute atomic E-state index is 0.795. The van der Waals surface area contributed by atoms with Gasteiger partial charge in [0.1, 0.15) is 0 Å². The largest absolute Gasteiger partial charge is 0.341 e. The first-order valence-corrected chi connectivity index (χ1v) is 6.94. The second-order valence-corrected chi connectivity index (χ2v) is 5.32.